The average molecular weight is 344 g/mol. The smallest absolute Gasteiger partial charge is 0.331 e. The van der Waals surface area contributed by atoms with Crippen LogP contribution in [-0.4, -0.2) is 24.0 Å². The third-order valence-electron chi connectivity index (χ3n) is 3.98. The van der Waals surface area contributed by atoms with Crippen LogP contribution in [0.5, 0.6) is 0 Å². The monoisotopic (exact) mass is 343 g/mol. The molecular weight excluding hydrogens is 322 g/mol. The normalized spacial score (nSPS) is 17.0. The first kappa shape index (κ1) is 17.3. The molecule has 1 N–H and O–H groups in total. The van der Waals surface area contributed by atoms with Crippen molar-refractivity contribution in [1.82, 2.24) is 5.32 Å². The average Bonchev–Trinajstić information content (AvgIpc) is 2.92. The fourth-order valence-corrected chi connectivity index (χ4v) is 3.94. The fourth-order valence-electron chi connectivity index (χ4n) is 2.86. The molecule has 1 aromatic heterocycles. The second kappa shape index (κ2) is 7.97. The fraction of sp³-hybridized carbons (Fsp3) is 0.625. The highest BCUT2D eigenvalue weighted by Gasteiger charge is 2.42. The van der Waals surface area contributed by atoms with E-state index >= 15 is 0 Å². The minimum atomic E-state index is -0.821. The van der Waals surface area contributed by atoms with E-state index in [0.29, 0.717) is 32.3 Å². The van der Waals surface area contributed by atoms with Gasteiger partial charge in [-0.1, -0.05) is 30.9 Å². The van der Waals surface area contributed by atoms with Gasteiger partial charge in [0.05, 0.1) is 10.9 Å². The van der Waals surface area contributed by atoms with Crippen LogP contribution in [0.4, 0.5) is 0 Å². The molecule has 2 rings (SSSR count). The quantitative estimate of drug-likeness (QED) is 0.801. The van der Waals surface area contributed by atoms with Gasteiger partial charge in [0.1, 0.15) is 5.54 Å². The first-order valence-corrected chi connectivity index (χ1v) is 8.97. The van der Waals surface area contributed by atoms with Gasteiger partial charge in [-0.2, -0.15) is 0 Å². The molecular formula is C16H22ClNO3S. The van der Waals surface area contributed by atoms with E-state index in [-0.39, 0.29) is 11.9 Å². The second-order valence-electron chi connectivity index (χ2n) is 5.62. The highest BCUT2D eigenvalue weighted by Crippen LogP contribution is 2.30. The van der Waals surface area contributed by atoms with Crippen LogP contribution in [0.25, 0.3) is 0 Å². The van der Waals surface area contributed by atoms with Crippen LogP contribution in [0.3, 0.4) is 0 Å². The van der Waals surface area contributed by atoms with Crippen molar-refractivity contribution in [3.05, 3.63) is 21.3 Å². The largest absolute Gasteiger partial charge is 0.464 e. The predicted molar refractivity (Wildman–Crippen MR) is 88.2 cm³/mol. The summed E-state index contributed by atoms with van der Waals surface area (Å²) in [5, 5.41) is 2.95. The summed E-state index contributed by atoms with van der Waals surface area (Å²) < 4.78 is 5.91. The number of halogens is 1. The van der Waals surface area contributed by atoms with Crippen LogP contribution >= 0.6 is 22.9 Å². The van der Waals surface area contributed by atoms with E-state index in [0.717, 1.165) is 28.5 Å². The number of nitrogens with one attached hydrogen (secondary N) is 1. The third-order valence-corrected chi connectivity index (χ3v) is 5.27. The van der Waals surface area contributed by atoms with Gasteiger partial charge < -0.3 is 10.1 Å². The minimum absolute atomic E-state index is 0.0977. The van der Waals surface area contributed by atoms with Gasteiger partial charge in [0, 0.05) is 11.3 Å². The number of hydrogen-bond donors (Lipinski definition) is 1. The van der Waals surface area contributed by atoms with Crippen LogP contribution < -0.4 is 5.32 Å². The standard InChI is InChI=1S/C16H22ClNO3S/c1-2-21-15(20)16(10-4-3-5-11-16)18-14(19)9-7-12-6-8-13(17)22-12/h6,8H,2-5,7,9-11H2,1H3,(H,18,19). The molecule has 22 heavy (non-hydrogen) atoms. The number of ether oxygens (including phenoxy) is 1. The Morgan fingerprint density at radius 1 is 1.32 bits per heavy atom. The Kier molecular flexibility index (Phi) is 6.26. The Bertz CT molecular complexity index is 523. The molecule has 1 heterocycles. The first-order chi connectivity index (χ1) is 10.6. The molecule has 0 unspecified atom stereocenters. The Labute approximate surface area is 140 Å². The summed E-state index contributed by atoms with van der Waals surface area (Å²) in [5.41, 5.74) is -0.821. The maximum Gasteiger partial charge on any atom is 0.331 e. The van der Waals surface area contributed by atoms with E-state index in [4.69, 9.17) is 16.3 Å². The van der Waals surface area contributed by atoms with Gasteiger partial charge in [0.15, 0.2) is 0 Å². The third kappa shape index (κ3) is 4.46. The lowest BCUT2D eigenvalue weighted by Gasteiger charge is -2.35. The van der Waals surface area contributed by atoms with E-state index in [1.807, 2.05) is 12.1 Å². The summed E-state index contributed by atoms with van der Waals surface area (Å²) in [4.78, 5) is 25.6. The molecule has 0 aromatic carbocycles. The SMILES string of the molecule is CCOC(=O)C1(NC(=O)CCc2ccc(Cl)s2)CCCCC1. The van der Waals surface area contributed by atoms with Gasteiger partial charge in [-0.15, -0.1) is 11.3 Å². The van der Waals surface area contributed by atoms with Crippen molar-refractivity contribution in [2.24, 2.45) is 0 Å². The van der Waals surface area contributed by atoms with E-state index < -0.39 is 5.54 Å². The second-order valence-corrected chi connectivity index (χ2v) is 7.42. The molecule has 0 radical (unpaired) electrons. The van der Waals surface area contributed by atoms with Crippen LogP contribution in [-0.2, 0) is 20.7 Å². The first-order valence-electron chi connectivity index (χ1n) is 7.78. The molecule has 122 valence electrons. The molecule has 6 heteroatoms. The molecule has 1 fully saturated rings. The summed E-state index contributed by atoms with van der Waals surface area (Å²) in [6, 6.07) is 3.77. The summed E-state index contributed by atoms with van der Waals surface area (Å²) in [7, 11) is 0. The van der Waals surface area contributed by atoms with Crippen molar-refractivity contribution in [2.45, 2.75) is 57.4 Å². The number of amides is 1. The maximum atomic E-state index is 12.3. The maximum absolute atomic E-state index is 12.3. The van der Waals surface area contributed by atoms with Gasteiger partial charge in [0.2, 0.25) is 5.91 Å². The number of hydrogen-bond acceptors (Lipinski definition) is 4. The van der Waals surface area contributed by atoms with Gasteiger partial charge in [-0.25, -0.2) is 4.79 Å². The van der Waals surface area contributed by atoms with E-state index in [1.54, 1.807) is 6.92 Å². The van der Waals surface area contributed by atoms with Crippen LogP contribution in [0.15, 0.2) is 12.1 Å². The Morgan fingerprint density at radius 2 is 2.05 bits per heavy atom. The van der Waals surface area contributed by atoms with Crippen molar-refractivity contribution in [3.63, 3.8) is 0 Å². The lowest BCUT2D eigenvalue weighted by atomic mass is 9.81. The lowest BCUT2D eigenvalue weighted by molar-refractivity contribution is -0.155. The van der Waals surface area contributed by atoms with Gasteiger partial charge in [-0.3, -0.25) is 4.79 Å². The molecule has 1 amide bonds. The van der Waals surface area contributed by atoms with Gasteiger partial charge in [0.25, 0.3) is 0 Å². The Hall–Kier alpha value is -1.07. The Morgan fingerprint density at radius 3 is 2.64 bits per heavy atom. The molecule has 1 aliphatic carbocycles. The lowest BCUT2D eigenvalue weighted by Crippen LogP contribution is -2.56. The van der Waals surface area contributed by atoms with Crippen molar-refractivity contribution in [1.29, 1.82) is 0 Å². The van der Waals surface area contributed by atoms with Crippen LogP contribution in [0.1, 0.15) is 50.3 Å². The topological polar surface area (TPSA) is 55.4 Å². The van der Waals surface area contributed by atoms with Crippen molar-refractivity contribution in [3.8, 4) is 0 Å². The molecule has 4 nitrogen and oxygen atoms in total. The van der Waals surface area contributed by atoms with E-state index in [9.17, 15) is 9.59 Å². The molecule has 1 aromatic rings. The zero-order valence-electron chi connectivity index (χ0n) is 12.8. The van der Waals surface area contributed by atoms with Crippen molar-refractivity contribution < 1.29 is 14.3 Å². The zero-order chi connectivity index (χ0) is 16.0. The minimum Gasteiger partial charge on any atom is -0.464 e. The molecule has 1 aliphatic rings. The van der Waals surface area contributed by atoms with E-state index in [1.165, 1.54) is 11.3 Å². The number of thiophene rings is 1. The number of rotatable bonds is 6. The van der Waals surface area contributed by atoms with E-state index in [2.05, 4.69) is 5.32 Å². The Balaban J connectivity index is 1.94. The van der Waals surface area contributed by atoms with Crippen molar-refractivity contribution >= 4 is 34.8 Å². The van der Waals surface area contributed by atoms with Crippen LogP contribution in [0.2, 0.25) is 4.34 Å². The summed E-state index contributed by atoms with van der Waals surface area (Å²) in [6.07, 6.45) is 5.33. The highest BCUT2D eigenvalue weighted by molar-refractivity contribution is 7.16. The summed E-state index contributed by atoms with van der Waals surface area (Å²) in [6.45, 7) is 2.13. The molecule has 1 saturated carbocycles. The number of esters is 1. The van der Waals surface area contributed by atoms with Gasteiger partial charge >= 0.3 is 5.97 Å². The number of carbonyl (C=O) groups excluding carboxylic acids is 2. The summed E-state index contributed by atoms with van der Waals surface area (Å²) >= 11 is 7.37. The van der Waals surface area contributed by atoms with Crippen molar-refractivity contribution in [2.75, 3.05) is 6.61 Å². The number of carbonyl (C=O) groups is 2. The molecule has 0 atom stereocenters. The number of aryl methyl sites for hydroxylation is 1. The summed E-state index contributed by atoms with van der Waals surface area (Å²) in [5.74, 6) is -0.387. The molecule has 0 bridgehead atoms. The van der Waals surface area contributed by atoms with Gasteiger partial charge in [-0.05, 0) is 38.3 Å². The van der Waals surface area contributed by atoms with Crippen LogP contribution in [0, 0.1) is 0 Å². The molecule has 0 aliphatic heterocycles. The molecule has 0 saturated heterocycles. The highest BCUT2D eigenvalue weighted by atomic mass is 35.5. The zero-order valence-corrected chi connectivity index (χ0v) is 14.4. The molecule has 0 spiro atoms. The predicted octanol–water partition coefficient (Wildman–Crippen LogP) is 3.72.